The van der Waals surface area contributed by atoms with Crippen LogP contribution in [0.5, 0.6) is 0 Å². The fraction of sp³-hybridized carbons (Fsp3) is 0.600. The maximum Gasteiger partial charge on any atom is 0.338 e. The molecule has 0 aliphatic rings. The van der Waals surface area contributed by atoms with E-state index in [0.29, 0.717) is 13.0 Å². The monoisotopic (exact) mass is 297 g/mol. The molecule has 0 unspecified atom stereocenters. The summed E-state index contributed by atoms with van der Waals surface area (Å²) in [4.78, 5) is 23.1. The third kappa shape index (κ3) is 5.98. The molecule has 0 bridgehead atoms. The van der Waals surface area contributed by atoms with Crippen LogP contribution in [0, 0.1) is 12.3 Å². The van der Waals surface area contributed by atoms with Gasteiger partial charge in [-0.3, -0.25) is 10.1 Å². The summed E-state index contributed by atoms with van der Waals surface area (Å²) in [5.41, 5.74) is -1.32. The second-order valence-electron chi connectivity index (χ2n) is 4.36. The van der Waals surface area contributed by atoms with Crippen LogP contribution < -0.4 is 5.32 Å². The molecule has 0 spiro atoms. The summed E-state index contributed by atoms with van der Waals surface area (Å²) in [5.74, 6) is 1.54. The van der Waals surface area contributed by atoms with Crippen molar-refractivity contribution in [2.75, 3.05) is 27.9 Å². The van der Waals surface area contributed by atoms with Crippen LogP contribution in [0.25, 0.3) is 0 Å². The Labute approximate surface area is 125 Å². The standard InChI is InChI=1S/C15H23NO5/c1-6-12(19-3)11-15(7-2,14(18)21-5)16-10-8-9-13(17)20-4/h2,6,12,16H,1,8-11H2,3-5H3/t12-,15+/m0/s1. The van der Waals surface area contributed by atoms with Crippen molar-refractivity contribution in [1.82, 2.24) is 5.32 Å². The summed E-state index contributed by atoms with van der Waals surface area (Å²) >= 11 is 0. The first-order valence-corrected chi connectivity index (χ1v) is 6.53. The van der Waals surface area contributed by atoms with Crippen LogP contribution in [-0.2, 0) is 23.8 Å². The van der Waals surface area contributed by atoms with Crippen molar-refractivity contribution in [3.05, 3.63) is 12.7 Å². The molecule has 0 aromatic carbocycles. The zero-order valence-electron chi connectivity index (χ0n) is 12.8. The SMILES string of the molecule is C#C[C@](C[C@H](C=C)OC)(NCCCC(=O)OC)C(=O)OC. The molecule has 0 rings (SSSR count). The van der Waals surface area contributed by atoms with E-state index in [2.05, 4.69) is 22.6 Å². The molecule has 0 aromatic heterocycles. The molecule has 21 heavy (non-hydrogen) atoms. The molecular weight excluding hydrogens is 274 g/mol. The molecule has 2 atom stereocenters. The Bertz CT molecular complexity index is 401. The number of methoxy groups -OCH3 is 3. The van der Waals surface area contributed by atoms with Gasteiger partial charge in [0.15, 0.2) is 5.54 Å². The van der Waals surface area contributed by atoms with Gasteiger partial charge in [-0.1, -0.05) is 12.0 Å². The van der Waals surface area contributed by atoms with Crippen molar-refractivity contribution < 1.29 is 23.8 Å². The van der Waals surface area contributed by atoms with E-state index in [9.17, 15) is 9.59 Å². The maximum absolute atomic E-state index is 12.0. The molecule has 0 saturated carbocycles. The van der Waals surface area contributed by atoms with E-state index >= 15 is 0 Å². The van der Waals surface area contributed by atoms with Gasteiger partial charge in [-0.05, 0) is 13.0 Å². The Hall–Kier alpha value is -1.84. The molecule has 118 valence electrons. The Balaban J connectivity index is 4.80. The number of nitrogens with one attached hydrogen (secondary N) is 1. The number of hydrogen-bond acceptors (Lipinski definition) is 6. The van der Waals surface area contributed by atoms with Crippen molar-refractivity contribution in [3.8, 4) is 12.3 Å². The number of rotatable bonds is 10. The summed E-state index contributed by atoms with van der Waals surface area (Å²) in [6, 6.07) is 0. The predicted molar refractivity (Wildman–Crippen MR) is 78.4 cm³/mol. The highest BCUT2D eigenvalue weighted by Gasteiger charge is 2.39. The summed E-state index contributed by atoms with van der Waals surface area (Å²) in [5, 5.41) is 2.97. The van der Waals surface area contributed by atoms with Gasteiger partial charge in [-0.2, -0.15) is 0 Å². The van der Waals surface area contributed by atoms with Crippen LogP contribution >= 0.6 is 0 Å². The lowest BCUT2D eigenvalue weighted by molar-refractivity contribution is -0.147. The van der Waals surface area contributed by atoms with Gasteiger partial charge in [0.05, 0.1) is 20.3 Å². The third-order valence-corrected chi connectivity index (χ3v) is 3.07. The zero-order valence-corrected chi connectivity index (χ0v) is 12.8. The molecule has 0 aliphatic heterocycles. The lowest BCUT2D eigenvalue weighted by atomic mass is 9.92. The van der Waals surface area contributed by atoms with Gasteiger partial charge in [0.2, 0.25) is 0 Å². The molecule has 0 aromatic rings. The topological polar surface area (TPSA) is 73.9 Å². The van der Waals surface area contributed by atoms with Crippen LogP contribution in [0.4, 0.5) is 0 Å². The van der Waals surface area contributed by atoms with E-state index < -0.39 is 17.6 Å². The number of ether oxygens (including phenoxy) is 3. The van der Waals surface area contributed by atoms with E-state index in [1.54, 1.807) is 6.08 Å². The average Bonchev–Trinajstić information content (AvgIpc) is 2.53. The van der Waals surface area contributed by atoms with Crippen LogP contribution in [0.3, 0.4) is 0 Å². The molecular formula is C15H23NO5. The van der Waals surface area contributed by atoms with E-state index in [1.165, 1.54) is 21.3 Å². The van der Waals surface area contributed by atoms with Gasteiger partial charge in [-0.15, -0.1) is 13.0 Å². The number of terminal acetylenes is 1. The fourth-order valence-corrected chi connectivity index (χ4v) is 1.77. The number of carbonyl (C=O) groups excluding carboxylic acids is 2. The van der Waals surface area contributed by atoms with Gasteiger partial charge in [0.25, 0.3) is 0 Å². The van der Waals surface area contributed by atoms with Gasteiger partial charge in [0, 0.05) is 20.0 Å². The first kappa shape index (κ1) is 19.2. The lowest BCUT2D eigenvalue weighted by Gasteiger charge is -2.29. The number of carbonyl (C=O) groups is 2. The van der Waals surface area contributed by atoms with Crippen LogP contribution in [0.2, 0.25) is 0 Å². The van der Waals surface area contributed by atoms with Crippen LogP contribution in [-0.4, -0.2) is 51.5 Å². The van der Waals surface area contributed by atoms with E-state index in [4.69, 9.17) is 15.9 Å². The van der Waals surface area contributed by atoms with Gasteiger partial charge in [-0.25, -0.2) is 4.79 Å². The van der Waals surface area contributed by atoms with Crippen molar-refractivity contribution in [2.45, 2.75) is 30.9 Å². The molecule has 0 saturated heterocycles. The smallest absolute Gasteiger partial charge is 0.338 e. The molecule has 0 amide bonds. The van der Waals surface area contributed by atoms with E-state index in [1.807, 2.05) is 0 Å². The maximum atomic E-state index is 12.0. The molecule has 0 heterocycles. The minimum absolute atomic E-state index is 0.189. The Morgan fingerprint density at radius 1 is 1.38 bits per heavy atom. The largest absolute Gasteiger partial charge is 0.469 e. The predicted octanol–water partition coefficient (Wildman–Crippen LogP) is 0.665. The molecule has 0 fully saturated rings. The van der Waals surface area contributed by atoms with Gasteiger partial charge < -0.3 is 14.2 Å². The molecule has 1 N–H and O–H groups in total. The van der Waals surface area contributed by atoms with E-state index in [0.717, 1.165) is 0 Å². The average molecular weight is 297 g/mol. The fourth-order valence-electron chi connectivity index (χ4n) is 1.77. The molecule has 0 aliphatic carbocycles. The zero-order chi connectivity index (χ0) is 16.3. The van der Waals surface area contributed by atoms with Crippen LogP contribution in [0.1, 0.15) is 19.3 Å². The highest BCUT2D eigenvalue weighted by Crippen LogP contribution is 2.17. The number of esters is 2. The van der Waals surface area contributed by atoms with Crippen molar-refractivity contribution >= 4 is 11.9 Å². The lowest BCUT2D eigenvalue weighted by Crippen LogP contribution is -2.54. The quantitative estimate of drug-likeness (QED) is 0.276. The summed E-state index contributed by atoms with van der Waals surface area (Å²) < 4.78 is 14.5. The first-order valence-electron chi connectivity index (χ1n) is 6.53. The second kappa shape index (κ2) is 9.97. The third-order valence-electron chi connectivity index (χ3n) is 3.07. The Morgan fingerprint density at radius 3 is 2.48 bits per heavy atom. The minimum Gasteiger partial charge on any atom is -0.469 e. The summed E-state index contributed by atoms with van der Waals surface area (Å²) in [6.45, 7) is 3.99. The first-order chi connectivity index (χ1) is 9.99. The van der Waals surface area contributed by atoms with Crippen molar-refractivity contribution in [2.24, 2.45) is 0 Å². The molecule has 6 nitrogen and oxygen atoms in total. The normalized spacial score (nSPS) is 14.4. The highest BCUT2D eigenvalue weighted by atomic mass is 16.5. The molecule has 0 radical (unpaired) electrons. The number of hydrogen-bond donors (Lipinski definition) is 1. The Morgan fingerprint density at radius 2 is 2.05 bits per heavy atom. The Kier molecular flexibility index (Phi) is 9.10. The highest BCUT2D eigenvalue weighted by molar-refractivity contribution is 5.85. The van der Waals surface area contributed by atoms with Gasteiger partial charge in [0.1, 0.15) is 0 Å². The minimum atomic E-state index is -1.32. The summed E-state index contributed by atoms with van der Waals surface area (Å²) in [6.07, 6.45) is 7.59. The summed E-state index contributed by atoms with van der Waals surface area (Å²) in [7, 11) is 4.09. The molecule has 6 heteroatoms. The van der Waals surface area contributed by atoms with Crippen LogP contribution in [0.15, 0.2) is 12.7 Å². The second-order valence-corrected chi connectivity index (χ2v) is 4.36. The van der Waals surface area contributed by atoms with E-state index in [-0.39, 0.29) is 18.8 Å². The van der Waals surface area contributed by atoms with Crippen molar-refractivity contribution in [1.29, 1.82) is 0 Å². The van der Waals surface area contributed by atoms with Gasteiger partial charge >= 0.3 is 11.9 Å². The van der Waals surface area contributed by atoms with Crippen molar-refractivity contribution in [3.63, 3.8) is 0 Å².